The summed E-state index contributed by atoms with van der Waals surface area (Å²) in [5, 5.41) is 20.6. The number of nitrogens with one attached hydrogen (secondary N) is 2. The maximum absolute atomic E-state index is 14.3. The topological polar surface area (TPSA) is 211 Å². The minimum atomic E-state index is -1.34. The van der Waals surface area contributed by atoms with E-state index in [1.54, 1.807) is 44.8 Å². The first-order chi connectivity index (χ1) is 29.9. The summed E-state index contributed by atoms with van der Waals surface area (Å²) in [7, 11) is 0. The molecule has 18 heteroatoms. The fraction of sp³-hybridized carbons (Fsp3) is 0.273. The molecule has 2 aromatic heterocycles. The Bertz CT molecular complexity index is 2380. The van der Waals surface area contributed by atoms with Gasteiger partial charge in [0.15, 0.2) is 5.13 Å². The molecular weight excluding hydrogens is 849 g/mol. The van der Waals surface area contributed by atoms with Crippen LogP contribution in [0.15, 0.2) is 130 Å². The molecule has 7 rings (SSSR count). The first-order valence-electron chi connectivity index (χ1n) is 19.6. The zero-order valence-corrected chi connectivity index (χ0v) is 36.5. The summed E-state index contributed by atoms with van der Waals surface area (Å²) in [5.74, 6) is -1.65. The summed E-state index contributed by atoms with van der Waals surface area (Å²) >= 11 is 3.68. The zero-order chi connectivity index (χ0) is 43.9. The van der Waals surface area contributed by atoms with Crippen molar-refractivity contribution in [3.8, 4) is 0 Å². The Labute approximate surface area is 370 Å². The first-order valence-corrected chi connectivity index (χ1v) is 22.4. The maximum atomic E-state index is 14.3. The first kappa shape index (κ1) is 43.8. The Balaban J connectivity index is 1.10. The third-order valence-corrected chi connectivity index (χ3v) is 12.5. The van der Waals surface area contributed by atoms with E-state index in [0.717, 1.165) is 38.8 Å². The van der Waals surface area contributed by atoms with Crippen LogP contribution in [0.4, 0.5) is 9.93 Å². The highest BCUT2D eigenvalue weighted by Crippen LogP contribution is 2.44. The molecule has 3 amide bonds. The number of fused-ring (bicyclic) bond motifs is 1. The lowest BCUT2D eigenvalue weighted by Gasteiger charge is -2.50. The number of aromatic nitrogens is 3. The molecule has 5 N–H and O–H groups in total. The van der Waals surface area contributed by atoms with Crippen LogP contribution >= 0.6 is 35.1 Å². The smallest absolute Gasteiger partial charge is 0.407 e. The number of carbonyl (C=O) groups is 4. The number of ether oxygens (including phenoxy) is 1. The third kappa shape index (κ3) is 9.77. The van der Waals surface area contributed by atoms with Crippen LogP contribution in [0, 0.1) is 0 Å². The van der Waals surface area contributed by atoms with Crippen LogP contribution in [0.5, 0.6) is 0 Å². The molecule has 4 heterocycles. The minimum Gasteiger partial charge on any atom is -0.477 e. The van der Waals surface area contributed by atoms with Crippen molar-refractivity contribution >= 4 is 69.8 Å². The van der Waals surface area contributed by atoms with Crippen LogP contribution in [0.25, 0.3) is 0 Å². The summed E-state index contributed by atoms with van der Waals surface area (Å²) in [6, 6.07) is 30.3. The molecule has 1 saturated heterocycles. The number of amides is 3. The summed E-state index contributed by atoms with van der Waals surface area (Å²) in [6.45, 7) is 5.78. The molecule has 0 saturated carbocycles. The van der Waals surface area contributed by atoms with Gasteiger partial charge in [0, 0.05) is 62.3 Å². The average Bonchev–Trinajstić information content (AvgIpc) is 3.70. The van der Waals surface area contributed by atoms with Crippen LogP contribution in [0.1, 0.15) is 61.8 Å². The minimum absolute atomic E-state index is 0.0888. The van der Waals surface area contributed by atoms with Gasteiger partial charge in [-0.25, -0.2) is 9.59 Å². The lowest BCUT2D eigenvalue weighted by atomic mass is 9.80. The number of benzene rings is 3. The maximum Gasteiger partial charge on any atom is 0.407 e. The van der Waals surface area contributed by atoms with Gasteiger partial charge in [0.25, 0.3) is 11.8 Å². The Morgan fingerprint density at radius 1 is 0.952 bits per heavy atom. The van der Waals surface area contributed by atoms with Crippen molar-refractivity contribution in [2.24, 2.45) is 5.16 Å². The van der Waals surface area contributed by atoms with Crippen LogP contribution in [-0.4, -0.2) is 83.9 Å². The Morgan fingerprint density at radius 3 is 2.15 bits per heavy atom. The van der Waals surface area contributed by atoms with Gasteiger partial charge < -0.3 is 31.0 Å². The summed E-state index contributed by atoms with van der Waals surface area (Å²) in [5.41, 5.74) is 6.49. The number of aliphatic carboxylic acids is 1. The highest BCUT2D eigenvalue weighted by Gasteiger charge is 2.54. The Hall–Kier alpha value is -6.24. The molecule has 0 aliphatic carbocycles. The molecule has 5 aromatic rings. The van der Waals surface area contributed by atoms with Crippen molar-refractivity contribution in [2.75, 3.05) is 18.0 Å². The van der Waals surface area contributed by atoms with Gasteiger partial charge in [0.05, 0.1) is 11.7 Å². The number of nitrogens with zero attached hydrogens (tertiary/aromatic N) is 5. The largest absolute Gasteiger partial charge is 0.477 e. The third-order valence-electron chi connectivity index (χ3n) is 9.80. The molecule has 2 aliphatic rings. The van der Waals surface area contributed by atoms with Crippen LogP contribution in [0.3, 0.4) is 0 Å². The normalized spacial score (nSPS) is 16.5. The van der Waals surface area contributed by atoms with E-state index in [2.05, 4.69) is 30.1 Å². The number of oxime groups is 1. The number of thioether (sulfide) groups is 2. The fourth-order valence-corrected chi connectivity index (χ4v) is 9.61. The number of allylic oxidation sites excluding steroid dienone is 1. The molecule has 0 radical (unpaired) electrons. The second-order valence-corrected chi connectivity index (χ2v) is 18.2. The number of nitrogens with two attached hydrogens (primary N) is 1. The highest BCUT2D eigenvalue weighted by molar-refractivity contribution is 8.03. The monoisotopic (exact) mass is 892 g/mol. The summed E-state index contributed by atoms with van der Waals surface area (Å²) in [6.07, 6.45) is 1.88. The lowest BCUT2D eigenvalue weighted by Crippen LogP contribution is -2.72. The number of carbonyl (C=O) groups excluding carboxylic acids is 3. The van der Waals surface area contributed by atoms with E-state index >= 15 is 0 Å². The molecule has 62 heavy (non-hydrogen) atoms. The highest BCUT2D eigenvalue weighted by atomic mass is 32.2. The number of hydrogen-bond donors (Lipinski definition) is 4. The number of carboxylic acid groups (broad SMARTS) is 1. The summed E-state index contributed by atoms with van der Waals surface area (Å²) in [4.78, 5) is 70.9. The van der Waals surface area contributed by atoms with Crippen molar-refractivity contribution in [1.29, 1.82) is 0 Å². The predicted molar refractivity (Wildman–Crippen MR) is 238 cm³/mol. The van der Waals surface area contributed by atoms with E-state index in [9.17, 15) is 24.3 Å². The standard InChI is InChI=1S/C44H44N8O7S3/c1-43(2,3)58-42(57)47-24-25-60-26-30-32(20-13-23-46-30)61-33-22-21-31-34(39(54)52(31)36(33)40(55)56)48-38(53)35(37-49-41(45)62-51-37)50-59-44(27-14-7-4-8-15-27,28-16-9-5-10-17-28)29-18-11-6-12-19-29/h4-20,23,31,34H,21-22,24-26H2,1-3H3,(H,47,57)(H,48,53)(H,55,56)(H2,45,49,51)/b50-35-/t31-,34+/m1/s1. The van der Waals surface area contributed by atoms with Crippen molar-refractivity contribution in [3.63, 3.8) is 0 Å². The second kappa shape index (κ2) is 19.2. The van der Waals surface area contributed by atoms with E-state index in [1.807, 2.05) is 97.1 Å². The number of alkyl carbamates (subject to hydrolysis) is 1. The molecule has 3 aromatic carbocycles. The van der Waals surface area contributed by atoms with E-state index in [1.165, 1.54) is 16.7 Å². The van der Waals surface area contributed by atoms with Gasteiger partial charge in [0.1, 0.15) is 17.3 Å². The second-order valence-electron chi connectivity index (χ2n) is 15.1. The van der Waals surface area contributed by atoms with Gasteiger partial charge >= 0.3 is 12.1 Å². The van der Waals surface area contributed by atoms with Crippen molar-refractivity contribution < 1.29 is 33.9 Å². The predicted octanol–water partition coefficient (Wildman–Crippen LogP) is 6.56. The molecule has 0 spiro atoms. The molecule has 0 bridgehead atoms. The molecule has 2 aliphatic heterocycles. The van der Waals surface area contributed by atoms with Crippen LogP contribution in [-0.2, 0) is 35.3 Å². The van der Waals surface area contributed by atoms with Gasteiger partial charge in [-0.1, -0.05) is 108 Å². The van der Waals surface area contributed by atoms with Gasteiger partial charge in [0.2, 0.25) is 17.1 Å². The Morgan fingerprint density at radius 2 is 1.58 bits per heavy atom. The molecule has 1 fully saturated rings. The summed E-state index contributed by atoms with van der Waals surface area (Å²) < 4.78 is 9.55. The van der Waals surface area contributed by atoms with Crippen molar-refractivity contribution in [1.82, 2.24) is 29.9 Å². The molecule has 320 valence electrons. The number of carboxylic acids is 1. The Kier molecular flexibility index (Phi) is 13.6. The zero-order valence-electron chi connectivity index (χ0n) is 34.0. The van der Waals surface area contributed by atoms with E-state index in [0.29, 0.717) is 35.8 Å². The molecule has 0 unspecified atom stereocenters. The van der Waals surface area contributed by atoms with E-state index < -0.39 is 47.2 Å². The van der Waals surface area contributed by atoms with Crippen LogP contribution < -0.4 is 16.4 Å². The van der Waals surface area contributed by atoms with Crippen molar-refractivity contribution in [2.45, 2.75) is 67.5 Å². The SMILES string of the molecule is CC(C)(C)OC(=O)NCCSCc1ncccc1SC1=C(C(=O)O)N2C(=O)[C@@H](NC(=O)/C(=N\OC(c3ccccc3)(c3ccccc3)c3ccccc3)c3nsc(N)n3)[C@H]2CC1. The molecular formula is C44H44N8O7S3. The van der Waals surface area contributed by atoms with Gasteiger partial charge in [-0.2, -0.15) is 21.1 Å². The average molecular weight is 893 g/mol. The number of β-lactam (4-membered cyclic amide) rings is 1. The quantitative estimate of drug-likeness (QED) is 0.0272. The van der Waals surface area contributed by atoms with Gasteiger partial charge in [-0.15, -0.1) is 0 Å². The number of hydrogen-bond acceptors (Lipinski definition) is 14. The van der Waals surface area contributed by atoms with Crippen LogP contribution in [0.2, 0.25) is 0 Å². The number of pyridine rings is 1. The lowest BCUT2D eigenvalue weighted by molar-refractivity contribution is -0.155. The van der Waals surface area contributed by atoms with Crippen molar-refractivity contribution in [3.05, 3.63) is 148 Å². The van der Waals surface area contributed by atoms with Gasteiger partial charge in [-0.05, 0) is 45.7 Å². The van der Waals surface area contributed by atoms with E-state index in [-0.39, 0.29) is 22.4 Å². The van der Waals surface area contributed by atoms with E-state index in [4.69, 9.17) is 15.3 Å². The number of anilines is 1. The molecule has 2 atom stereocenters. The number of rotatable bonds is 16. The number of nitrogen functional groups attached to an aromatic ring is 1. The molecule has 15 nitrogen and oxygen atoms in total. The fourth-order valence-electron chi connectivity index (χ4n) is 7.11. The van der Waals surface area contributed by atoms with Gasteiger partial charge in [-0.3, -0.25) is 19.5 Å².